The quantitative estimate of drug-likeness (QED) is 0.794. The Bertz CT molecular complexity index is 684. The largest absolute Gasteiger partial charge is 0.485 e. The summed E-state index contributed by atoms with van der Waals surface area (Å²) in [5, 5.41) is 0. The number of likely N-dealkylation sites (tertiary alicyclic amines) is 1. The molecular weight excluding hydrogens is 302 g/mol. The van der Waals surface area contributed by atoms with E-state index in [1.807, 2.05) is 24.3 Å². The number of nitrogens with zero attached hydrogens (tertiary/aromatic N) is 1. The van der Waals surface area contributed by atoms with Gasteiger partial charge in [0.25, 0.3) is 0 Å². The van der Waals surface area contributed by atoms with Gasteiger partial charge in [-0.15, -0.1) is 0 Å². The van der Waals surface area contributed by atoms with Crippen LogP contribution < -0.4 is 20.9 Å². The first-order valence-electron chi connectivity index (χ1n) is 8.43. The first kappa shape index (κ1) is 16.5. The normalized spacial score (nSPS) is 16.0. The predicted octanol–water partition coefficient (Wildman–Crippen LogP) is 3.51. The van der Waals surface area contributed by atoms with Crippen molar-refractivity contribution in [3.8, 4) is 17.2 Å². The van der Waals surface area contributed by atoms with Crippen LogP contribution in [-0.4, -0.2) is 30.6 Å². The maximum absolute atomic E-state index is 6.11. The fourth-order valence-corrected chi connectivity index (χ4v) is 2.96. The van der Waals surface area contributed by atoms with Gasteiger partial charge in [-0.1, -0.05) is 12.1 Å². The van der Waals surface area contributed by atoms with Gasteiger partial charge in [0.15, 0.2) is 11.5 Å². The van der Waals surface area contributed by atoms with E-state index in [0.29, 0.717) is 22.9 Å². The Morgan fingerprint density at radius 2 is 1.71 bits per heavy atom. The van der Waals surface area contributed by atoms with Gasteiger partial charge in [0.1, 0.15) is 11.9 Å². The van der Waals surface area contributed by atoms with Crippen LogP contribution in [-0.2, 0) is 0 Å². The second-order valence-corrected chi connectivity index (χ2v) is 6.28. The lowest BCUT2D eigenvalue weighted by molar-refractivity contribution is 0.158. The van der Waals surface area contributed by atoms with Crippen molar-refractivity contribution in [2.24, 2.45) is 0 Å². The van der Waals surface area contributed by atoms with Gasteiger partial charge in [-0.2, -0.15) is 0 Å². The molecule has 0 amide bonds. The van der Waals surface area contributed by atoms with Gasteiger partial charge in [0.05, 0.1) is 11.4 Å². The molecule has 0 aromatic heterocycles. The standard InChI is InChI=1S/C19H25N3O2/c1-14(13-22-10-4-5-11-22)23-18-6-2-3-7-19(18)24-15-8-9-16(20)17(21)12-15/h2-3,6-9,12,14H,4-5,10-11,13,20-21H2,1H3. The van der Waals surface area contributed by atoms with Crippen LogP contribution in [0.1, 0.15) is 19.8 Å². The van der Waals surface area contributed by atoms with E-state index in [1.54, 1.807) is 18.2 Å². The summed E-state index contributed by atoms with van der Waals surface area (Å²) in [6.45, 7) is 5.35. The monoisotopic (exact) mass is 327 g/mol. The van der Waals surface area contributed by atoms with Gasteiger partial charge < -0.3 is 20.9 Å². The molecule has 1 aliphatic rings. The molecule has 24 heavy (non-hydrogen) atoms. The van der Waals surface area contributed by atoms with E-state index in [-0.39, 0.29) is 6.10 Å². The van der Waals surface area contributed by atoms with E-state index in [1.165, 1.54) is 12.8 Å². The van der Waals surface area contributed by atoms with Crippen LogP contribution in [0.3, 0.4) is 0 Å². The summed E-state index contributed by atoms with van der Waals surface area (Å²) in [6.07, 6.45) is 2.67. The van der Waals surface area contributed by atoms with Crippen molar-refractivity contribution in [2.75, 3.05) is 31.1 Å². The Hall–Kier alpha value is -2.40. The third kappa shape index (κ3) is 4.11. The summed E-state index contributed by atoms with van der Waals surface area (Å²) >= 11 is 0. The smallest absolute Gasteiger partial charge is 0.169 e. The molecular formula is C19H25N3O2. The number of anilines is 2. The van der Waals surface area contributed by atoms with E-state index in [4.69, 9.17) is 20.9 Å². The molecule has 3 rings (SSSR count). The molecule has 0 spiro atoms. The van der Waals surface area contributed by atoms with Crippen molar-refractivity contribution >= 4 is 11.4 Å². The second-order valence-electron chi connectivity index (χ2n) is 6.28. The second kappa shape index (κ2) is 7.45. The van der Waals surface area contributed by atoms with Gasteiger partial charge in [-0.3, -0.25) is 4.90 Å². The number of rotatable bonds is 6. The SMILES string of the molecule is CC(CN1CCCC1)Oc1ccccc1Oc1ccc(N)c(N)c1. The first-order valence-corrected chi connectivity index (χ1v) is 8.43. The van der Waals surface area contributed by atoms with Crippen molar-refractivity contribution in [1.29, 1.82) is 0 Å². The maximum atomic E-state index is 6.11. The molecule has 1 fully saturated rings. The van der Waals surface area contributed by atoms with Gasteiger partial charge in [0, 0.05) is 12.6 Å². The fourth-order valence-electron chi connectivity index (χ4n) is 2.96. The number of para-hydroxylation sites is 2. The molecule has 0 aliphatic carbocycles. The molecule has 0 bridgehead atoms. The summed E-state index contributed by atoms with van der Waals surface area (Å²) in [7, 11) is 0. The molecule has 1 saturated heterocycles. The van der Waals surface area contributed by atoms with Crippen LogP contribution in [0.5, 0.6) is 17.2 Å². The summed E-state index contributed by atoms with van der Waals surface area (Å²) in [5.41, 5.74) is 12.6. The molecule has 0 saturated carbocycles. The zero-order valence-corrected chi connectivity index (χ0v) is 14.1. The Morgan fingerprint density at radius 1 is 1.00 bits per heavy atom. The van der Waals surface area contributed by atoms with Crippen molar-refractivity contribution in [1.82, 2.24) is 4.90 Å². The number of hydrogen-bond acceptors (Lipinski definition) is 5. The minimum atomic E-state index is 0.101. The summed E-state index contributed by atoms with van der Waals surface area (Å²) in [5.74, 6) is 2.06. The number of nitrogens with two attached hydrogens (primary N) is 2. The minimum absolute atomic E-state index is 0.101. The lowest BCUT2D eigenvalue weighted by atomic mass is 10.2. The molecule has 0 radical (unpaired) electrons. The van der Waals surface area contributed by atoms with Crippen molar-refractivity contribution in [2.45, 2.75) is 25.9 Å². The first-order chi connectivity index (χ1) is 11.6. The highest BCUT2D eigenvalue weighted by Crippen LogP contribution is 2.33. The van der Waals surface area contributed by atoms with Crippen LogP contribution >= 0.6 is 0 Å². The molecule has 5 heteroatoms. The predicted molar refractivity (Wildman–Crippen MR) is 97.5 cm³/mol. The summed E-state index contributed by atoms with van der Waals surface area (Å²) in [4.78, 5) is 2.44. The average molecular weight is 327 g/mol. The highest BCUT2D eigenvalue weighted by atomic mass is 16.5. The minimum Gasteiger partial charge on any atom is -0.485 e. The van der Waals surface area contributed by atoms with Crippen molar-refractivity contribution in [3.05, 3.63) is 42.5 Å². The Labute approximate surface area is 143 Å². The van der Waals surface area contributed by atoms with Crippen LogP contribution in [0.4, 0.5) is 11.4 Å². The molecule has 2 aromatic carbocycles. The van der Waals surface area contributed by atoms with E-state index in [9.17, 15) is 0 Å². The number of hydrogen-bond donors (Lipinski definition) is 2. The van der Waals surface area contributed by atoms with E-state index >= 15 is 0 Å². The third-order valence-corrected chi connectivity index (χ3v) is 4.18. The van der Waals surface area contributed by atoms with Gasteiger partial charge in [-0.25, -0.2) is 0 Å². The van der Waals surface area contributed by atoms with E-state index in [0.717, 1.165) is 25.4 Å². The number of ether oxygens (including phenoxy) is 2. The van der Waals surface area contributed by atoms with Gasteiger partial charge in [0.2, 0.25) is 0 Å². The third-order valence-electron chi connectivity index (χ3n) is 4.18. The topological polar surface area (TPSA) is 73.7 Å². The highest BCUT2D eigenvalue weighted by molar-refractivity contribution is 5.65. The van der Waals surface area contributed by atoms with Crippen molar-refractivity contribution in [3.63, 3.8) is 0 Å². The van der Waals surface area contributed by atoms with Crippen LogP contribution in [0.2, 0.25) is 0 Å². The Morgan fingerprint density at radius 3 is 2.42 bits per heavy atom. The average Bonchev–Trinajstić information content (AvgIpc) is 3.05. The summed E-state index contributed by atoms with van der Waals surface area (Å²) in [6, 6.07) is 13.0. The molecule has 1 atom stereocenters. The molecule has 5 nitrogen and oxygen atoms in total. The number of nitrogen functional groups attached to an aromatic ring is 2. The maximum Gasteiger partial charge on any atom is 0.169 e. The van der Waals surface area contributed by atoms with Gasteiger partial charge >= 0.3 is 0 Å². The zero-order valence-electron chi connectivity index (χ0n) is 14.1. The molecule has 128 valence electrons. The Kier molecular flexibility index (Phi) is 5.11. The molecule has 1 unspecified atom stereocenters. The fraction of sp³-hybridized carbons (Fsp3) is 0.368. The van der Waals surface area contributed by atoms with Gasteiger partial charge in [-0.05, 0) is 57.1 Å². The molecule has 1 aliphatic heterocycles. The van der Waals surface area contributed by atoms with Crippen LogP contribution in [0.15, 0.2) is 42.5 Å². The Balaban J connectivity index is 1.68. The lowest BCUT2D eigenvalue weighted by Crippen LogP contribution is -2.31. The van der Waals surface area contributed by atoms with Crippen LogP contribution in [0, 0.1) is 0 Å². The lowest BCUT2D eigenvalue weighted by Gasteiger charge is -2.22. The highest BCUT2D eigenvalue weighted by Gasteiger charge is 2.17. The number of benzene rings is 2. The van der Waals surface area contributed by atoms with Crippen molar-refractivity contribution < 1.29 is 9.47 Å². The van der Waals surface area contributed by atoms with E-state index < -0.39 is 0 Å². The zero-order chi connectivity index (χ0) is 16.9. The molecule has 2 aromatic rings. The van der Waals surface area contributed by atoms with E-state index in [2.05, 4.69) is 11.8 Å². The van der Waals surface area contributed by atoms with Crippen LogP contribution in [0.25, 0.3) is 0 Å². The summed E-state index contributed by atoms with van der Waals surface area (Å²) < 4.78 is 12.1. The molecule has 4 N–H and O–H groups in total. The molecule has 1 heterocycles.